The molecule has 0 spiro atoms. The molecule has 0 aromatic heterocycles. The lowest BCUT2D eigenvalue weighted by Crippen LogP contribution is -2.57. The van der Waals surface area contributed by atoms with E-state index in [0.717, 1.165) is 0 Å². The fourth-order valence-electron chi connectivity index (χ4n) is 4.44. The summed E-state index contributed by atoms with van der Waals surface area (Å²) in [6, 6.07) is 8.94. The van der Waals surface area contributed by atoms with E-state index in [1.165, 1.54) is 41.6 Å². The number of benzene rings is 2. The molecule has 0 radical (unpaired) electrons. The van der Waals surface area contributed by atoms with Gasteiger partial charge in [-0.15, -0.1) is 0 Å². The van der Waals surface area contributed by atoms with Gasteiger partial charge in [-0.2, -0.15) is 0 Å². The number of hydroxylamine groups is 1. The lowest BCUT2D eigenvalue weighted by Gasteiger charge is -2.27. The first kappa shape index (κ1) is 29.9. The zero-order chi connectivity index (χ0) is 29.2. The molecule has 0 aliphatic carbocycles. The monoisotopic (exact) mass is 555 g/mol. The fourth-order valence-corrected chi connectivity index (χ4v) is 4.44. The number of likely N-dealkylation sites (tertiary alicyclic amines) is 1. The number of hydrogen-bond acceptors (Lipinski definition) is 8. The van der Waals surface area contributed by atoms with Crippen LogP contribution in [-0.2, 0) is 36.8 Å². The Bertz CT molecular complexity index is 1220. The predicted molar refractivity (Wildman–Crippen MR) is 141 cm³/mol. The van der Waals surface area contributed by atoms with E-state index in [-0.39, 0.29) is 30.2 Å². The van der Waals surface area contributed by atoms with Gasteiger partial charge in [0.05, 0.1) is 6.54 Å². The second-order valence-electron chi connectivity index (χ2n) is 9.49. The number of hydrogen-bond donors (Lipinski definition) is 7. The van der Waals surface area contributed by atoms with Crippen molar-refractivity contribution < 1.29 is 39.4 Å². The Morgan fingerprint density at radius 1 is 0.850 bits per heavy atom. The van der Waals surface area contributed by atoms with Gasteiger partial charge in [-0.25, -0.2) is 5.48 Å². The van der Waals surface area contributed by atoms with Crippen molar-refractivity contribution in [3.63, 3.8) is 0 Å². The van der Waals surface area contributed by atoms with Gasteiger partial charge < -0.3 is 31.1 Å². The van der Waals surface area contributed by atoms with Gasteiger partial charge >= 0.3 is 0 Å². The summed E-state index contributed by atoms with van der Waals surface area (Å²) in [6.07, 6.45) is 1.09. The molecule has 5 amide bonds. The van der Waals surface area contributed by atoms with Crippen LogP contribution in [0, 0.1) is 0 Å². The Hall–Kier alpha value is -4.65. The van der Waals surface area contributed by atoms with Crippen LogP contribution in [0.5, 0.6) is 11.5 Å². The first-order valence-corrected chi connectivity index (χ1v) is 12.7. The topological polar surface area (TPSA) is 197 Å². The van der Waals surface area contributed by atoms with Gasteiger partial charge in [-0.3, -0.25) is 29.2 Å². The van der Waals surface area contributed by atoms with Crippen LogP contribution in [0.15, 0.2) is 48.5 Å². The van der Waals surface area contributed by atoms with Crippen LogP contribution in [0.1, 0.15) is 30.9 Å². The molecule has 0 bridgehead atoms. The Balaban J connectivity index is 1.83. The molecule has 3 rings (SSSR count). The van der Waals surface area contributed by atoms with Gasteiger partial charge in [-0.05, 0) is 48.2 Å². The molecular weight excluding hydrogens is 522 g/mol. The molecule has 7 N–H and O–H groups in total. The smallest absolute Gasteiger partial charge is 0.262 e. The molecular formula is C27H33N5O8. The lowest BCUT2D eigenvalue weighted by atomic mass is 10.0. The predicted octanol–water partition coefficient (Wildman–Crippen LogP) is -0.515. The minimum absolute atomic E-state index is 0.0107. The number of nitrogens with zero attached hydrogens (tertiary/aromatic N) is 1. The zero-order valence-corrected chi connectivity index (χ0v) is 21.9. The Labute approximate surface area is 230 Å². The van der Waals surface area contributed by atoms with Gasteiger partial charge in [0.2, 0.25) is 23.6 Å². The number of carbonyl (C=O) groups is 5. The van der Waals surface area contributed by atoms with E-state index in [9.17, 15) is 34.2 Å². The van der Waals surface area contributed by atoms with Crippen molar-refractivity contribution in [2.24, 2.45) is 0 Å². The van der Waals surface area contributed by atoms with Crippen molar-refractivity contribution in [3.05, 3.63) is 59.7 Å². The largest absolute Gasteiger partial charge is 0.508 e. The second kappa shape index (κ2) is 13.9. The summed E-state index contributed by atoms with van der Waals surface area (Å²) in [7, 11) is 0. The van der Waals surface area contributed by atoms with E-state index in [0.29, 0.717) is 30.5 Å². The summed E-state index contributed by atoms with van der Waals surface area (Å²) in [5.41, 5.74) is 2.61. The van der Waals surface area contributed by atoms with Crippen LogP contribution in [-0.4, -0.2) is 81.1 Å². The SMILES string of the molecule is CC(=O)N1CCC[C@H]1C(=O)N[C@@H](Cc1ccc(O)cc1)C(=O)N[C@@H](Cc1ccc(O)cc1)C(=O)NCC(=O)NO. The molecule has 1 aliphatic heterocycles. The highest BCUT2D eigenvalue weighted by Crippen LogP contribution is 2.18. The van der Waals surface area contributed by atoms with Gasteiger partial charge in [-0.1, -0.05) is 24.3 Å². The minimum Gasteiger partial charge on any atom is -0.508 e. The van der Waals surface area contributed by atoms with Crippen LogP contribution in [0.2, 0.25) is 0 Å². The molecule has 3 atom stereocenters. The van der Waals surface area contributed by atoms with Crippen molar-refractivity contribution in [1.29, 1.82) is 0 Å². The summed E-state index contributed by atoms with van der Waals surface area (Å²) < 4.78 is 0. The number of rotatable bonds is 11. The summed E-state index contributed by atoms with van der Waals surface area (Å²) in [6.45, 7) is 1.25. The maximum Gasteiger partial charge on any atom is 0.262 e. The molecule has 0 unspecified atom stereocenters. The number of carbonyl (C=O) groups excluding carboxylic acids is 5. The molecule has 1 fully saturated rings. The lowest BCUT2D eigenvalue weighted by molar-refractivity contribution is -0.138. The van der Waals surface area contributed by atoms with Crippen molar-refractivity contribution in [2.45, 2.75) is 50.7 Å². The minimum atomic E-state index is -1.19. The third-order valence-electron chi connectivity index (χ3n) is 6.53. The van der Waals surface area contributed by atoms with Gasteiger partial charge in [0.1, 0.15) is 29.6 Å². The number of nitrogens with one attached hydrogen (secondary N) is 4. The second-order valence-corrected chi connectivity index (χ2v) is 9.49. The average molecular weight is 556 g/mol. The number of aromatic hydroxyl groups is 2. The highest BCUT2D eigenvalue weighted by Gasteiger charge is 2.35. The number of phenolic OH excluding ortho intramolecular Hbond substituents is 2. The van der Waals surface area contributed by atoms with E-state index < -0.39 is 48.3 Å². The molecule has 0 saturated carbocycles. The highest BCUT2D eigenvalue weighted by atomic mass is 16.5. The van der Waals surface area contributed by atoms with E-state index in [1.54, 1.807) is 24.3 Å². The summed E-state index contributed by atoms with van der Waals surface area (Å²) in [5.74, 6) is -3.02. The zero-order valence-electron chi connectivity index (χ0n) is 21.9. The third kappa shape index (κ3) is 8.43. The average Bonchev–Trinajstić information content (AvgIpc) is 3.44. The van der Waals surface area contributed by atoms with Gasteiger partial charge in [0, 0.05) is 26.3 Å². The fraction of sp³-hybridized carbons (Fsp3) is 0.370. The van der Waals surface area contributed by atoms with Crippen LogP contribution in [0.4, 0.5) is 0 Å². The van der Waals surface area contributed by atoms with E-state index in [2.05, 4.69) is 16.0 Å². The molecule has 1 aliphatic rings. The maximum atomic E-state index is 13.5. The molecule has 2 aromatic rings. The normalized spacial score (nSPS) is 15.9. The highest BCUT2D eigenvalue weighted by molar-refractivity contribution is 5.95. The Morgan fingerprint density at radius 3 is 1.88 bits per heavy atom. The third-order valence-corrected chi connectivity index (χ3v) is 6.53. The first-order valence-electron chi connectivity index (χ1n) is 12.7. The first-order chi connectivity index (χ1) is 19.1. The molecule has 40 heavy (non-hydrogen) atoms. The van der Waals surface area contributed by atoms with Gasteiger partial charge in [0.25, 0.3) is 5.91 Å². The van der Waals surface area contributed by atoms with Crippen LogP contribution in [0.3, 0.4) is 0 Å². The standard InChI is InChI=1S/C27H33N5O8/c1-16(33)32-12-2-3-23(32)27(39)30-22(14-18-6-10-20(35)11-7-18)26(38)29-21(25(37)28-15-24(36)31-40)13-17-4-8-19(34)9-5-17/h4-11,21-23,34-35,40H,2-3,12-15H2,1H3,(H,28,37)(H,29,38)(H,30,39)(H,31,36)/t21-,22-,23-/m0/s1. The number of amides is 5. The number of phenols is 2. The van der Waals surface area contributed by atoms with Crippen LogP contribution in [0.25, 0.3) is 0 Å². The van der Waals surface area contributed by atoms with Crippen molar-refractivity contribution in [2.75, 3.05) is 13.1 Å². The van der Waals surface area contributed by atoms with Crippen molar-refractivity contribution >= 4 is 29.5 Å². The van der Waals surface area contributed by atoms with E-state index in [4.69, 9.17) is 5.21 Å². The molecule has 1 saturated heterocycles. The molecule has 214 valence electrons. The summed E-state index contributed by atoms with van der Waals surface area (Å²) >= 11 is 0. The quantitative estimate of drug-likeness (QED) is 0.142. The summed E-state index contributed by atoms with van der Waals surface area (Å²) in [4.78, 5) is 64.5. The van der Waals surface area contributed by atoms with E-state index >= 15 is 0 Å². The molecule has 1 heterocycles. The van der Waals surface area contributed by atoms with Crippen LogP contribution >= 0.6 is 0 Å². The van der Waals surface area contributed by atoms with Crippen molar-refractivity contribution in [3.8, 4) is 11.5 Å². The Kier molecular flexibility index (Phi) is 10.4. The van der Waals surface area contributed by atoms with Gasteiger partial charge in [0.15, 0.2) is 0 Å². The molecule has 13 nitrogen and oxygen atoms in total. The van der Waals surface area contributed by atoms with Crippen molar-refractivity contribution in [1.82, 2.24) is 26.3 Å². The summed E-state index contributed by atoms with van der Waals surface area (Å²) in [5, 5.41) is 35.6. The van der Waals surface area contributed by atoms with E-state index in [1.807, 2.05) is 0 Å². The van der Waals surface area contributed by atoms with Crippen LogP contribution < -0.4 is 21.4 Å². The maximum absolute atomic E-state index is 13.5. The Morgan fingerprint density at radius 2 is 1.38 bits per heavy atom. The molecule has 2 aromatic carbocycles. The molecule has 13 heteroatoms.